The molecule has 13 heteroatoms. The third-order valence-electron chi connectivity index (χ3n) is 6.31. The minimum Gasteiger partial charge on any atom is -0.348 e. The van der Waals surface area contributed by atoms with Crippen LogP contribution in [0.2, 0.25) is 0 Å². The molecular formula is C26H25ClF4N6O2. The monoisotopic (exact) mass is 564 g/mol. The van der Waals surface area contributed by atoms with E-state index in [4.69, 9.17) is 5.26 Å². The molecule has 0 aliphatic carbocycles. The fourth-order valence-electron chi connectivity index (χ4n) is 4.27. The number of nitriles is 1. The van der Waals surface area contributed by atoms with Crippen molar-refractivity contribution >= 4 is 24.3 Å². The summed E-state index contributed by atoms with van der Waals surface area (Å²) in [6, 6.07) is 9.64. The van der Waals surface area contributed by atoms with Crippen LogP contribution in [0, 0.1) is 17.1 Å². The lowest BCUT2D eigenvalue weighted by atomic mass is 10.0. The molecule has 1 N–H and O–H groups in total. The first-order valence-electron chi connectivity index (χ1n) is 11.7. The molecule has 4 rings (SSSR count). The van der Waals surface area contributed by atoms with Gasteiger partial charge in [0, 0.05) is 27.1 Å². The number of benzene rings is 2. The van der Waals surface area contributed by atoms with Crippen LogP contribution >= 0.6 is 12.4 Å². The molecule has 39 heavy (non-hydrogen) atoms. The summed E-state index contributed by atoms with van der Waals surface area (Å²) in [5.74, 6) is -1.23. The van der Waals surface area contributed by atoms with Gasteiger partial charge in [0.15, 0.2) is 0 Å². The van der Waals surface area contributed by atoms with Gasteiger partial charge in [-0.25, -0.2) is 9.37 Å². The Morgan fingerprint density at radius 2 is 1.85 bits per heavy atom. The first kappa shape index (κ1) is 29.4. The molecule has 3 aromatic rings. The SMILES string of the molecule is CC(Nc1nc2c(c(=O)n1N(C)C)CN(C(=O)c1ccc(C#N)cc1F)CC2)c1ccc(C(F)(F)F)cc1.Cl. The summed E-state index contributed by atoms with van der Waals surface area (Å²) >= 11 is 0. The Labute approximate surface area is 227 Å². The van der Waals surface area contributed by atoms with Gasteiger partial charge in [0.25, 0.3) is 11.5 Å². The van der Waals surface area contributed by atoms with Gasteiger partial charge in [-0.3, -0.25) is 9.59 Å². The number of aromatic nitrogens is 2. The van der Waals surface area contributed by atoms with Crippen molar-refractivity contribution < 1.29 is 22.4 Å². The second-order valence-corrected chi connectivity index (χ2v) is 9.09. The molecule has 1 aliphatic rings. The van der Waals surface area contributed by atoms with Gasteiger partial charge in [-0.05, 0) is 42.8 Å². The van der Waals surface area contributed by atoms with Gasteiger partial charge in [-0.1, -0.05) is 12.1 Å². The molecule has 1 aliphatic heterocycles. The Bertz CT molecular complexity index is 1480. The van der Waals surface area contributed by atoms with E-state index in [0.717, 1.165) is 18.2 Å². The lowest BCUT2D eigenvalue weighted by Gasteiger charge is -2.31. The number of alkyl halides is 3. The van der Waals surface area contributed by atoms with Gasteiger partial charge < -0.3 is 15.2 Å². The van der Waals surface area contributed by atoms with E-state index in [1.54, 1.807) is 21.0 Å². The largest absolute Gasteiger partial charge is 0.416 e. The van der Waals surface area contributed by atoms with Crippen molar-refractivity contribution in [2.24, 2.45) is 0 Å². The van der Waals surface area contributed by atoms with Crippen molar-refractivity contribution in [3.63, 3.8) is 0 Å². The zero-order valence-corrected chi connectivity index (χ0v) is 22.0. The number of hydrogen-bond acceptors (Lipinski definition) is 6. The van der Waals surface area contributed by atoms with E-state index in [-0.39, 0.29) is 54.6 Å². The predicted molar refractivity (Wildman–Crippen MR) is 139 cm³/mol. The average molecular weight is 565 g/mol. The van der Waals surface area contributed by atoms with E-state index in [0.29, 0.717) is 11.3 Å². The number of carbonyl (C=O) groups is 1. The smallest absolute Gasteiger partial charge is 0.348 e. The Balaban J connectivity index is 0.00000420. The molecule has 1 aromatic heterocycles. The van der Waals surface area contributed by atoms with E-state index in [1.165, 1.54) is 38.9 Å². The number of rotatable bonds is 5. The molecule has 8 nitrogen and oxygen atoms in total. The zero-order chi connectivity index (χ0) is 27.8. The number of anilines is 1. The fraction of sp³-hybridized carbons (Fsp3) is 0.308. The van der Waals surface area contributed by atoms with Crippen molar-refractivity contribution in [2.75, 3.05) is 31.0 Å². The summed E-state index contributed by atoms with van der Waals surface area (Å²) in [5, 5.41) is 13.5. The molecule has 0 saturated heterocycles. The third kappa shape index (κ3) is 5.98. The zero-order valence-electron chi connectivity index (χ0n) is 21.2. The molecule has 2 aromatic carbocycles. The standard InChI is InChI=1S/C26H24F4N6O2.ClH/c1-15(17-5-7-18(8-6-17)26(28,29)30)32-25-33-22-10-11-35(14-20(22)24(38)36(25)34(2)3)23(37)19-9-4-16(13-31)12-21(19)27;/h4-9,12,15H,10-11,14H2,1-3H3,(H,32,33);1H. The van der Waals surface area contributed by atoms with Crippen LogP contribution in [0.4, 0.5) is 23.5 Å². The first-order chi connectivity index (χ1) is 17.9. The molecule has 0 spiro atoms. The van der Waals surface area contributed by atoms with E-state index in [9.17, 15) is 27.2 Å². The summed E-state index contributed by atoms with van der Waals surface area (Å²) in [4.78, 5) is 32.4. The van der Waals surface area contributed by atoms with Crippen molar-refractivity contribution in [3.8, 4) is 6.07 Å². The van der Waals surface area contributed by atoms with Gasteiger partial charge in [0.1, 0.15) is 5.82 Å². The van der Waals surface area contributed by atoms with Crippen LogP contribution in [0.15, 0.2) is 47.3 Å². The van der Waals surface area contributed by atoms with Gasteiger partial charge in [0.05, 0.1) is 46.6 Å². The summed E-state index contributed by atoms with van der Waals surface area (Å²) in [7, 11) is 3.25. The van der Waals surface area contributed by atoms with E-state index in [2.05, 4.69) is 10.3 Å². The van der Waals surface area contributed by atoms with E-state index >= 15 is 0 Å². The van der Waals surface area contributed by atoms with Crippen molar-refractivity contribution in [3.05, 3.63) is 92.1 Å². The minimum atomic E-state index is -4.44. The van der Waals surface area contributed by atoms with Crippen LogP contribution in [0.25, 0.3) is 0 Å². The summed E-state index contributed by atoms with van der Waals surface area (Å²) in [5.41, 5.74) is 0.0188. The van der Waals surface area contributed by atoms with Crippen LogP contribution in [-0.4, -0.2) is 41.1 Å². The Morgan fingerprint density at radius 3 is 2.41 bits per heavy atom. The predicted octanol–water partition coefficient (Wildman–Crippen LogP) is 4.26. The number of fused-ring (bicyclic) bond motifs is 1. The van der Waals surface area contributed by atoms with Crippen LogP contribution in [0.1, 0.15) is 51.3 Å². The Kier molecular flexibility index (Phi) is 8.55. The number of amides is 1. The highest BCUT2D eigenvalue weighted by Crippen LogP contribution is 2.30. The summed E-state index contributed by atoms with van der Waals surface area (Å²) in [6.07, 6.45) is -4.20. The number of nitrogens with zero attached hydrogens (tertiary/aromatic N) is 5. The van der Waals surface area contributed by atoms with E-state index < -0.39 is 35.1 Å². The summed E-state index contributed by atoms with van der Waals surface area (Å²) in [6.45, 7) is 1.85. The number of hydrogen-bond donors (Lipinski definition) is 1. The molecule has 1 unspecified atom stereocenters. The molecule has 0 radical (unpaired) electrons. The number of carbonyl (C=O) groups excluding carboxylic acids is 1. The fourth-order valence-corrected chi connectivity index (χ4v) is 4.27. The molecule has 0 saturated carbocycles. The van der Waals surface area contributed by atoms with Crippen molar-refractivity contribution in [1.82, 2.24) is 14.6 Å². The molecule has 1 atom stereocenters. The maximum absolute atomic E-state index is 14.4. The first-order valence-corrected chi connectivity index (χ1v) is 11.7. The Hall–Kier alpha value is -4.11. The van der Waals surface area contributed by atoms with Gasteiger partial charge in [-0.15, -0.1) is 12.4 Å². The molecule has 1 amide bonds. The summed E-state index contributed by atoms with van der Waals surface area (Å²) < 4.78 is 54.5. The quantitative estimate of drug-likeness (QED) is 0.465. The third-order valence-corrected chi connectivity index (χ3v) is 6.31. The lowest BCUT2D eigenvalue weighted by Crippen LogP contribution is -2.45. The molecular weight excluding hydrogens is 540 g/mol. The van der Waals surface area contributed by atoms with Gasteiger partial charge in [0.2, 0.25) is 5.95 Å². The minimum absolute atomic E-state index is 0. The van der Waals surface area contributed by atoms with Crippen LogP contribution in [0.5, 0.6) is 0 Å². The van der Waals surface area contributed by atoms with E-state index in [1.807, 2.05) is 6.07 Å². The van der Waals surface area contributed by atoms with Crippen molar-refractivity contribution in [2.45, 2.75) is 32.1 Å². The maximum atomic E-state index is 14.4. The number of halogens is 5. The van der Waals surface area contributed by atoms with Crippen LogP contribution in [0.3, 0.4) is 0 Å². The molecule has 206 valence electrons. The highest BCUT2D eigenvalue weighted by molar-refractivity contribution is 5.94. The number of nitrogens with one attached hydrogen (secondary N) is 1. The van der Waals surface area contributed by atoms with Crippen molar-refractivity contribution in [1.29, 1.82) is 5.26 Å². The van der Waals surface area contributed by atoms with Crippen LogP contribution in [-0.2, 0) is 19.1 Å². The normalized spacial score (nSPS) is 13.5. The maximum Gasteiger partial charge on any atom is 0.416 e. The second-order valence-electron chi connectivity index (χ2n) is 9.09. The highest BCUT2D eigenvalue weighted by Gasteiger charge is 2.31. The van der Waals surface area contributed by atoms with Gasteiger partial charge >= 0.3 is 6.18 Å². The lowest BCUT2D eigenvalue weighted by molar-refractivity contribution is -0.137. The highest BCUT2D eigenvalue weighted by atomic mass is 35.5. The second kappa shape index (κ2) is 11.3. The topological polar surface area (TPSA) is 94.3 Å². The molecule has 0 fully saturated rings. The Morgan fingerprint density at radius 1 is 1.18 bits per heavy atom. The average Bonchev–Trinajstić information content (AvgIpc) is 2.87. The molecule has 2 heterocycles. The van der Waals surface area contributed by atoms with Crippen LogP contribution < -0.4 is 15.9 Å². The molecule has 0 bridgehead atoms. The van der Waals surface area contributed by atoms with Gasteiger partial charge in [-0.2, -0.15) is 23.1 Å².